The summed E-state index contributed by atoms with van der Waals surface area (Å²) >= 11 is 13.2. The fourth-order valence-electron chi connectivity index (χ4n) is 6.02. The molecule has 4 aromatic carbocycles. The lowest BCUT2D eigenvalue weighted by Crippen LogP contribution is -2.55. The highest BCUT2D eigenvalue weighted by Crippen LogP contribution is 2.29. The molecule has 0 bridgehead atoms. The zero-order valence-electron chi connectivity index (χ0n) is 27.4. The second-order valence-electron chi connectivity index (χ2n) is 12.3. The highest BCUT2D eigenvalue weighted by Gasteiger charge is 2.34. The van der Waals surface area contributed by atoms with Gasteiger partial charge in [0.2, 0.25) is 21.8 Å². The Bertz CT molecular complexity index is 1780. The van der Waals surface area contributed by atoms with Gasteiger partial charge in [-0.05, 0) is 60.4 Å². The molecule has 0 radical (unpaired) electrons. The molecule has 8 nitrogen and oxygen atoms in total. The van der Waals surface area contributed by atoms with Crippen LogP contribution in [0, 0.1) is 0 Å². The maximum Gasteiger partial charge on any atom is 0.244 e. The van der Waals surface area contributed by atoms with E-state index >= 15 is 0 Å². The van der Waals surface area contributed by atoms with Crippen LogP contribution >= 0.6 is 23.2 Å². The molecule has 1 aliphatic carbocycles. The van der Waals surface area contributed by atoms with Crippen LogP contribution in [0.2, 0.25) is 10.0 Å². The predicted octanol–water partition coefficient (Wildman–Crippen LogP) is 7.43. The number of carbonyl (C=O) groups is 2. The molecule has 1 aliphatic rings. The zero-order valence-corrected chi connectivity index (χ0v) is 29.8. The van der Waals surface area contributed by atoms with Gasteiger partial charge in [0.1, 0.15) is 24.9 Å². The lowest BCUT2D eigenvalue weighted by Gasteiger charge is -2.35. The first-order chi connectivity index (χ1) is 23.6. The van der Waals surface area contributed by atoms with Crippen molar-refractivity contribution >= 4 is 50.7 Å². The second-order valence-corrected chi connectivity index (χ2v) is 15.0. The maximum absolute atomic E-state index is 14.5. The molecule has 0 aromatic heterocycles. The van der Waals surface area contributed by atoms with Gasteiger partial charge >= 0.3 is 0 Å². The number of halogens is 2. The summed E-state index contributed by atoms with van der Waals surface area (Å²) in [5, 5.41) is 3.86. The number of hydrogen-bond donors (Lipinski definition) is 1. The number of anilines is 1. The lowest BCUT2D eigenvalue weighted by molar-refractivity contribution is -0.140. The van der Waals surface area contributed by atoms with Crippen molar-refractivity contribution in [3.63, 3.8) is 0 Å². The van der Waals surface area contributed by atoms with Crippen molar-refractivity contribution in [2.75, 3.05) is 17.1 Å². The summed E-state index contributed by atoms with van der Waals surface area (Å²) in [4.78, 5) is 30.1. The summed E-state index contributed by atoms with van der Waals surface area (Å²) < 4.78 is 33.3. The fraction of sp³-hybridized carbons (Fsp3) is 0.316. The first kappa shape index (κ1) is 36.2. The summed E-state index contributed by atoms with van der Waals surface area (Å²) in [7, 11) is -3.94. The SMILES string of the molecule is CS(=O)(=O)N(CC(=O)N(Cc1c(Cl)cccc1Cl)C(Cc1ccccc1)C(=O)NC1CCCCC1)c1ccc(OCc2ccccc2)cc1. The van der Waals surface area contributed by atoms with Crippen LogP contribution in [0.25, 0.3) is 0 Å². The van der Waals surface area contributed by atoms with E-state index in [2.05, 4.69) is 5.32 Å². The molecule has 5 rings (SSSR count). The van der Waals surface area contributed by atoms with Crippen LogP contribution < -0.4 is 14.4 Å². The second kappa shape index (κ2) is 17.1. The van der Waals surface area contributed by atoms with E-state index in [1.54, 1.807) is 42.5 Å². The Hall–Kier alpha value is -4.05. The van der Waals surface area contributed by atoms with Crippen molar-refractivity contribution in [2.45, 2.75) is 63.8 Å². The first-order valence-corrected chi connectivity index (χ1v) is 19.0. The summed E-state index contributed by atoms with van der Waals surface area (Å²) in [6.45, 7) is -0.302. The van der Waals surface area contributed by atoms with Gasteiger partial charge in [-0.15, -0.1) is 0 Å². The molecule has 0 spiro atoms. The Morgan fingerprint density at radius 2 is 1.41 bits per heavy atom. The van der Waals surface area contributed by atoms with Gasteiger partial charge in [0.25, 0.3) is 0 Å². The Morgan fingerprint density at radius 1 is 0.816 bits per heavy atom. The molecule has 1 atom stereocenters. The van der Waals surface area contributed by atoms with Gasteiger partial charge in [0.05, 0.1) is 11.9 Å². The van der Waals surface area contributed by atoms with E-state index in [0.717, 1.165) is 53.8 Å². The van der Waals surface area contributed by atoms with Crippen molar-refractivity contribution in [3.8, 4) is 5.75 Å². The predicted molar refractivity (Wildman–Crippen MR) is 195 cm³/mol. The van der Waals surface area contributed by atoms with Crippen molar-refractivity contribution in [2.24, 2.45) is 0 Å². The van der Waals surface area contributed by atoms with Crippen molar-refractivity contribution in [1.82, 2.24) is 10.2 Å². The van der Waals surface area contributed by atoms with Gasteiger partial charge in [0.15, 0.2) is 0 Å². The van der Waals surface area contributed by atoms with Crippen LogP contribution in [-0.4, -0.2) is 50.0 Å². The van der Waals surface area contributed by atoms with E-state index in [-0.39, 0.29) is 30.6 Å². The molecule has 4 aromatic rings. The van der Waals surface area contributed by atoms with Crippen LogP contribution in [0.5, 0.6) is 5.75 Å². The van der Waals surface area contributed by atoms with E-state index in [9.17, 15) is 18.0 Å². The summed E-state index contributed by atoms with van der Waals surface area (Å²) in [6.07, 6.45) is 6.14. The minimum absolute atomic E-state index is 0.00415. The summed E-state index contributed by atoms with van der Waals surface area (Å²) in [6, 6.07) is 29.7. The molecule has 1 unspecified atom stereocenters. The van der Waals surface area contributed by atoms with E-state index < -0.39 is 28.5 Å². The van der Waals surface area contributed by atoms with Crippen LogP contribution in [0.1, 0.15) is 48.8 Å². The van der Waals surface area contributed by atoms with Crippen LogP contribution in [0.3, 0.4) is 0 Å². The standard InChI is InChI=1S/C38H41Cl2N3O5S/c1-49(46,47)43(31-20-22-32(23-21-31)48-27-29-14-7-3-8-15-29)26-37(44)42(25-33-34(39)18-11-19-35(33)40)36(24-28-12-5-2-6-13-28)38(45)41-30-16-9-4-10-17-30/h2-3,5-8,11-15,18-23,30,36H,4,9-10,16-17,24-27H2,1H3,(H,41,45). The third-order valence-corrected chi connectivity index (χ3v) is 10.5. The zero-order chi connectivity index (χ0) is 34.8. The Morgan fingerprint density at radius 3 is 2.00 bits per heavy atom. The first-order valence-electron chi connectivity index (χ1n) is 16.4. The normalized spacial score (nSPS) is 14.1. The smallest absolute Gasteiger partial charge is 0.244 e. The topological polar surface area (TPSA) is 96.0 Å². The average molecular weight is 723 g/mol. The molecule has 1 N–H and O–H groups in total. The quantitative estimate of drug-likeness (QED) is 0.146. The maximum atomic E-state index is 14.5. The van der Waals surface area contributed by atoms with Gasteiger partial charge in [-0.25, -0.2) is 8.42 Å². The molecule has 0 saturated heterocycles. The van der Waals surface area contributed by atoms with Crippen molar-refractivity contribution in [1.29, 1.82) is 0 Å². The molecule has 1 fully saturated rings. The largest absolute Gasteiger partial charge is 0.489 e. The minimum Gasteiger partial charge on any atom is -0.489 e. The molecule has 2 amide bonds. The molecule has 49 heavy (non-hydrogen) atoms. The number of hydrogen-bond acceptors (Lipinski definition) is 5. The van der Waals surface area contributed by atoms with Crippen LogP contribution in [0.15, 0.2) is 103 Å². The number of sulfonamides is 1. The van der Waals surface area contributed by atoms with Gasteiger partial charge in [0, 0.05) is 34.6 Å². The summed E-state index contributed by atoms with van der Waals surface area (Å²) in [5.41, 5.74) is 2.59. The lowest BCUT2D eigenvalue weighted by atomic mass is 9.94. The molecular formula is C38H41Cl2N3O5S. The van der Waals surface area contributed by atoms with Crippen LogP contribution in [0.4, 0.5) is 5.69 Å². The number of nitrogens with zero attached hydrogens (tertiary/aromatic N) is 2. The monoisotopic (exact) mass is 721 g/mol. The van der Waals surface area contributed by atoms with E-state index in [1.807, 2.05) is 60.7 Å². The van der Waals surface area contributed by atoms with E-state index in [1.165, 1.54) is 4.90 Å². The Kier molecular flexibility index (Phi) is 12.6. The fourth-order valence-corrected chi connectivity index (χ4v) is 7.38. The van der Waals surface area contributed by atoms with Crippen molar-refractivity contribution < 1.29 is 22.7 Å². The van der Waals surface area contributed by atoms with Crippen molar-refractivity contribution in [3.05, 3.63) is 130 Å². The molecule has 11 heteroatoms. The molecule has 0 aliphatic heterocycles. The molecule has 1 saturated carbocycles. The molecule has 258 valence electrons. The van der Waals surface area contributed by atoms with Gasteiger partial charge in [-0.3, -0.25) is 13.9 Å². The number of nitrogens with one attached hydrogen (secondary N) is 1. The van der Waals surface area contributed by atoms with Gasteiger partial charge in [-0.2, -0.15) is 0 Å². The van der Waals surface area contributed by atoms with E-state index in [0.29, 0.717) is 28.0 Å². The number of amides is 2. The average Bonchev–Trinajstić information content (AvgIpc) is 3.10. The third-order valence-electron chi connectivity index (χ3n) is 8.67. The number of ether oxygens (including phenoxy) is 1. The third kappa shape index (κ3) is 10.2. The highest BCUT2D eigenvalue weighted by atomic mass is 35.5. The Balaban J connectivity index is 1.46. The molecule has 0 heterocycles. The summed E-state index contributed by atoms with van der Waals surface area (Å²) in [5.74, 6) is -0.340. The highest BCUT2D eigenvalue weighted by molar-refractivity contribution is 7.92. The number of carbonyl (C=O) groups excluding carboxylic acids is 2. The van der Waals surface area contributed by atoms with Gasteiger partial charge in [-0.1, -0.05) is 109 Å². The Labute approximate surface area is 299 Å². The number of benzene rings is 4. The number of rotatable bonds is 14. The van der Waals surface area contributed by atoms with Crippen LogP contribution in [-0.2, 0) is 39.2 Å². The minimum atomic E-state index is -3.94. The molecular weight excluding hydrogens is 681 g/mol. The van der Waals surface area contributed by atoms with E-state index in [4.69, 9.17) is 27.9 Å². The van der Waals surface area contributed by atoms with Gasteiger partial charge < -0.3 is 15.0 Å².